The van der Waals surface area contributed by atoms with Crippen LogP contribution in [0.3, 0.4) is 0 Å². The summed E-state index contributed by atoms with van der Waals surface area (Å²) in [6.45, 7) is 2.27. The largest absolute Gasteiger partial charge is 0.435 e. The van der Waals surface area contributed by atoms with Gasteiger partial charge in [0.05, 0.1) is 27.9 Å². The van der Waals surface area contributed by atoms with Crippen LogP contribution in [-0.4, -0.2) is 28.7 Å². The monoisotopic (exact) mass is 600 g/mol. The van der Waals surface area contributed by atoms with Gasteiger partial charge in [-0.3, -0.25) is 20.4 Å². The summed E-state index contributed by atoms with van der Waals surface area (Å²) in [5, 5.41) is 2.59. The predicted molar refractivity (Wildman–Crippen MR) is 137 cm³/mol. The minimum atomic E-state index is -4.92. The molecule has 1 unspecified atom stereocenters. The second kappa shape index (κ2) is 10.00. The summed E-state index contributed by atoms with van der Waals surface area (Å²) in [4.78, 5) is 32.5. The lowest BCUT2D eigenvalue weighted by Crippen LogP contribution is -2.44. The molecule has 0 radical (unpaired) electrons. The number of hydrogen-bond acceptors (Lipinski definition) is 6. The van der Waals surface area contributed by atoms with Gasteiger partial charge in [0.2, 0.25) is 0 Å². The number of fused-ring (bicyclic) bond motifs is 1. The van der Waals surface area contributed by atoms with Crippen LogP contribution in [0.2, 0.25) is 10.0 Å². The molecule has 2 amide bonds. The average molecular weight is 601 g/mol. The lowest BCUT2D eigenvalue weighted by molar-refractivity contribution is -0.275. The van der Waals surface area contributed by atoms with Crippen molar-refractivity contribution >= 4 is 52.2 Å². The van der Waals surface area contributed by atoms with E-state index in [0.29, 0.717) is 10.4 Å². The molecule has 39 heavy (non-hydrogen) atoms. The number of amides is 2. The van der Waals surface area contributed by atoms with Crippen molar-refractivity contribution in [3.05, 3.63) is 90.3 Å². The van der Waals surface area contributed by atoms with E-state index in [9.17, 15) is 27.2 Å². The first-order valence-electron chi connectivity index (χ1n) is 11.4. The molecular weight excluding hydrogens is 583 g/mol. The minimum absolute atomic E-state index is 0.0312. The number of hydrogen-bond donors (Lipinski definition) is 2. The Morgan fingerprint density at radius 2 is 1.69 bits per heavy atom. The van der Waals surface area contributed by atoms with E-state index in [1.54, 1.807) is 35.2 Å². The van der Waals surface area contributed by atoms with Crippen molar-refractivity contribution in [2.45, 2.75) is 38.2 Å². The number of hydrazine groups is 1. The van der Waals surface area contributed by atoms with E-state index < -0.39 is 51.4 Å². The van der Waals surface area contributed by atoms with E-state index in [1.165, 1.54) is 0 Å². The molecule has 2 aromatic carbocycles. The summed E-state index contributed by atoms with van der Waals surface area (Å²) >= 11 is 12.7. The maximum atomic E-state index is 14.3. The number of benzene rings is 2. The van der Waals surface area contributed by atoms with Gasteiger partial charge in [-0.2, -0.15) is 13.2 Å². The number of nitrogens with one attached hydrogen (secondary N) is 2. The van der Waals surface area contributed by atoms with Crippen molar-refractivity contribution in [3.63, 3.8) is 0 Å². The fraction of sp³-hybridized carbons (Fsp3) is 0.240. The Hall–Kier alpha value is -3.35. The summed E-state index contributed by atoms with van der Waals surface area (Å²) in [7, 11) is 0. The number of aryl methyl sites for hydroxylation is 1. The Bertz CT molecular complexity index is 1460. The molecule has 1 aromatic heterocycles. The summed E-state index contributed by atoms with van der Waals surface area (Å²) < 4.78 is 56.6. The summed E-state index contributed by atoms with van der Waals surface area (Å²) in [6.07, 6.45) is -5.59. The molecule has 14 heteroatoms. The zero-order chi connectivity index (χ0) is 28.1. The molecule has 0 saturated carbocycles. The van der Waals surface area contributed by atoms with Gasteiger partial charge >= 0.3 is 6.18 Å². The Morgan fingerprint density at radius 3 is 2.31 bits per heavy atom. The van der Waals surface area contributed by atoms with Crippen molar-refractivity contribution < 1.29 is 32.0 Å². The van der Waals surface area contributed by atoms with Gasteiger partial charge in [0.15, 0.2) is 5.82 Å². The topological polar surface area (TPSA) is 83.0 Å². The smallest absolute Gasteiger partial charge is 0.372 e. The van der Waals surface area contributed by atoms with E-state index in [1.807, 2.05) is 6.92 Å². The zero-order valence-corrected chi connectivity index (χ0v) is 22.3. The number of nitrogens with zero attached hydrogens (tertiary/aromatic N) is 2. The highest BCUT2D eigenvalue weighted by molar-refractivity contribution is 7.14. The number of halogens is 6. The molecule has 3 aromatic rings. The summed E-state index contributed by atoms with van der Waals surface area (Å²) in [5.74, 6) is -2.00. The van der Waals surface area contributed by atoms with Gasteiger partial charge in [-0.15, -0.1) is 11.3 Å². The summed E-state index contributed by atoms with van der Waals surface area (Å²) in [5.41, 5.74) is 3.47. The lowest BCUT2D eigenvalue weighted by atomic mass is 9.89. The number of carbonyl (C=O) groups is 2. The van der Waals surface area contributed by atoms with Crippen molar-refractivity contribution in [1.29, 1.82) is 0 Å². The van der Waals surface area contributed by atoms with Crippen molar-refractivity contribution in [2.24, 2.45) is 5.16 Å². The highest BCUT2D eigenvalue weighted by atomic mass is 35.5. The van der Waals surface area contributed by atoms with Gasteiger partial charge in [0.1, 0.15) is 5.84 Å². The Balaban J connectivity index is 1.25. The first-order valence-corrected chi connectivity index (χ1v) is 13.0. The standard InChI is InChI=1S/C25H18Cl2F4N4O3S/c1-12-2-4-13(5-3-12)22(36)32-33-23(37)18-6-14-10-35(11-19(14)39-18)20-9-24(38-34-20,25(29,30)31)15-7-16(26)21(28)17(27)8-15/h2-8H,9-11H2,1H3,(H,32,36)(H,33,37). The average Bonchev–Trinajstić information content (AvgIpc) is 3.59. The van der Waals surface area contributed by atoms with Crippen LogP contribution in [0.25, 0.3) is 0 Å². The van der Waals surface area contributed by atoms with Crippen LogP contribution in [0.5, 0.6) is 0 Å². The van der Waals surface area contributed by atoms with Crippen molar-refractivity contribution in [3.8, 4) is 0 Å². The van der Waals surface area contributed by atoms with Gasteiger partial charge in [-0.25, -0.2) is 4.39 Å². The highest BCUT2D eigenvalue weighted by Gasteiger charge is 2.63. The van der Waals surface area contributed by atoms with Crippen LogP contribution in [-0.2, 0) is 23.5 Å². The molecule has 2 aliphatic rings. The fourth-order valence-electron chi connectivity index (χ4n) is 4.26. The van der Waals surface area contributed by atoms with Crippen LogP contribution >= 0.6 is 34.5 Å². The number of carbonyl (C=O) groups excluding carboxylic acids is 2. The quantitative estimate of drug-likeness (QED) is 0.217. The molecule has 0 aliphatic carbocycles. The van der Waals surface area contributed by atoms with Crippen molar-refractivity contribution in [1.82, 2.24) is 15.8 Å². The van der Waals surface area contributed by atoms with E-state index >= 15 is 0 Å². The van der Waals surface area contributed by atoms with Crippen LogP contribution in [0, 0.1) is 12.7 Å². The number of amidine groups is 1. The number of oxime groups is 1. The Kier molecular flexibility index (Phi) is 6.98. The second-order valence-electron chi connectivity index (χ2n) is 9.04. The third kappa shape index (κ3) is 5.04. The van der Waals surface area contributed by atoms with E-state index in [4.69, 9.17) is 28.0 Å². The minimum Gasteiger partial charge on any atom is -0.372 e. The second-order valence-corrected chi connectivity index (χ2v) is 11.0. The fourth-order valence-corrected chi connectivity index (χ4v) is 5.83. The van der Waals surface area contributed by atoms with E-state index in [2.05, 4.69) is 16.0 Å². The Morgan fingerprint density at radius 1 is 1.05 bits per heavy atom. The third-order valence-electron chi connectivity index (χ3n) is 6.41. The van der Waals surface area contributed by atoms with Crippen LogP contribution in [0.1, 0.15) is 48.0 Å². The van der Waals surface area contributed by atoms with E-state index in [0.717, 1.165) is 39.5 Å². The molecule has 3 heterocycles. The third-order valence-corrected chi connectivity index (χ3v) is 8.12. The maximum Gasteiger partial charge on any atom is 0.435 e. The molecule has 204 valence electrons. The number of alkyl halides is 3. The normalized spacial score (nSPS) is 18.4. The molecule has 1 atom stereocenters. The van der Waals surface area contributed by atoms with E-state index in [-0.39, 0.29) is 18.9 Å². The highest BCUT2D eigenvalue weighted by Crippen LogP contribution is 2.50. The zero-order valence-electron chi connectivity index (χ0n) is 20.0. The molecule has 2 N–H and O–H groups in total. The molecule has 0 saturated heterocycles. The van der Waals surface area contributed by atoms with Gasteiger partial charge in [-0.05, 0) is 42.8 Å². The first-order chi connectivity index (χ1) is 18.4. The number of thiophene rings is 1. The lowest BCUT2D eigenvalue weighted by Gasteiger charge is -2.30. The summed E-state index contributed by atoms with van der Waals surface area (Å²) in [6, 6.07) is 10.1. The molecule has 0 spiro atoms. The molecule has 0 fully saturated rings. The van der Waals surface area contributed by atoms with Crippen LogP contribution in [0.15, 0.2) is 47.6 Å². The molecule has 2 aliphatic heterocycles. The SMILES string of the molecule is Cc1ccc(C(=O)NNC(=O)c2cc3c(s2)CN(C2=NOC(c4cc(Cl)c(F)c(Cl)c4)(C(F)(F)F)C2)C3)cc1. The van der Waals surface area contributed by atoms with Gasteiger partial charge in [-0.1, -0.05) is 46.1 Å². The Labute approximate surface area is 233 Å². The van der Waals surface area contributed by atoms with Gasteiger partial charge in [0.25, 0.3) is 17.4 Å². The molecule has 0 bridgehead atoms. The molecule has 7 nitrogen and oxygen atoms in total. The maximum absolute atomic E-state index is 14.3. The van der Waals surface area contributed by atoms with Crippen LogP contribution in [0.4, 0.5) is 17.6 Å². The van der Waals surface area contributed by atoms with Crippen LogP contribution < -0.4 is 10.9 Å². The number of rotatable bonds is 3. The molecular formula is C25H18Cl2F4N4O3S. The van der Waals surface area contributed by atoms with Gasteiger partial charge in [0, 0.05) is 22.5 Å². The molecule has 5 rings (SSSR count). The van der Waals surface area contributed by atoms with Crippen molar-refractivity contribution in [2.75, 3.05) is 0 Å². The van der Waals surface area contributed by atoms with Gasteiger partial charge < -0.3 is 9.74 Å². The predicted octanol–water partition coefficient (Wildman–Crippen LogP) is 6.08. The first kappa shape index (κ1) is 27.2.